The van der Waals surface area contributed by atoms with Gasteiger partial charge in [-0.3, -0.25) is 0 Å². The number of nitrogens with zero attached hydrogens (tertiary/aromatic N) is 1. The van der Waals surface area contributed by atoms with Crippen LogP contribution in [-0.4, -0.2) is 9.55 Å². The zero-order valence-electron chi connectivity index (χ0n) is 7.99. The first kappa shape index (κ1) is 9.68. The van der Waals surface area contributed by atoms with Gasteiger partial charge in [-0.25, -0.2) is 0 Å². The maximum Gasteiger partial charge on any atom is 0.177 e. The SMILES string of the molecule is CCc1c[nH]c(=S)n1Cc1cccs1. The highest BCUT2D eigenvalue weighted by Crippen LogP contribution is 2.13. The quantitative estimate of drug-likeness (QED) is 0.794. The molecule has 2 rings (SSSR count). The van der Waals surface area contributed by atoms with Crippen molar-refractivity contribution in [3.05, 3.63) is 39.1 Å². The van der Waals surface area contributed by atoms with Gasteiger partial charge in [0.1, 0.15) is 0 Å². The van der Waals surface area contributed by atoms with Crippen molar-refractivity contribution in [3.63, 3.8) is 0 Å². The number of aromatic amines is 1. The summed E-state index contributed by atoms with van der Waals surface area (Å²) in [4.78, 5) is 4.43. The summed E-state index contributed by atoms with van der Waals surface area (Å²) >= 11 is 6.99. The second-order valence-corrected chi connectivity index (χ2v) is 4.52. The van der Waals surface area contributed by atoms with Crippen molar-refractivity contribution in [2.24, 2.45) is 0 Å². The second kappa shape index (κ2) is 4.11. The molecule has 2 aromatic rings. The first-order valence-corrected chi connectivity index (χ1v) is 5.89. The summed E-state index contributed by atoms with van der Waals surface area (Å²) in [5, 5.41) is 2.09. The monoisotopic (exact) mass is 224 g/mol. The number of H-pyrrole nitrogens is 1. The molecule has 0 aliphatic carbocycles. The molecule has 4 heteroatoms. The molecule has 14 heavy (non-hydrogen) atoms. The van der Waals surface area contributed by atoms with E-state index in [4.69, 9.17) is 12.2 Å². The predicted octanol–water partition coefficient (Wildman–Crippen LogP) is 3.22. The van der Waals surface area contributed by atoms with Gasteiger partial charge in [-0.15, -0.1) is 11.3 Å². The molecule has 2 aromatic heterocycles. The molecule has 0 unspecified atom stereocenters. The minimum atomic E-state index is 0.815. The number of hydrogen-bond donors (Lipinski definition) is 1. The third-order valence-electron chi connectivity index (χ3n) is 2.21. The first-order valence-electron chi connectivity index (χ1n) is 4.60. The summed E-state index contributed by atoms with van der Waals surface area (Å²) in [6, 6.07) is 4.21. The van der Waals surface area contributed by atoms with Gasteiger partial charge in [0.2, 0.25) is 0 Å². The van der Waals surface area contributed by atoms with Crippen LogP contribution in [0.2, 0.25) is 0 Å². The van der Waals surface area contributed by atoms with E-state index in [2.05, 4.69) is 34.0 Å². The Balaban J connectivity index is 2.32. The van der Waals surface area contributed by atoms with Gasteiger partial charge in [-0.05, 0) is 30.1 Å². The molecule has 0 bridgehead atoms. The van der Waals surface area contributed by atoms with Gasteiger partial charge < -0.3 is 9.55 Å². The number of hydrogen-bond acceptors (Lipinski definition) is 2. The average Bonchev–Trinajstić information content (AvgIpc) is 2.79. The van der Waals surface area contributed by atoms with Crippen LogP contribution in [0.4, 0.5) is 0 Å². The fourth-order valence-electron chi connectivity index (χ4n) is 1.46. The largest absolute Gasteiger partial charge is 0.337 e. The Morgan fingerprint density at radius 1 is 1.57 bits per heavy atom. The number of imidazole rings is 1. The van der Waals surface area contributed by atoms with E-state index in [1.54, 1.807) is 11.3 Å². The maximum absolute atomic E-state index is 5.22. The molecule has 0 radical (unpaired) electrons. The fraction of sp³-hybridized carbons (Fsp3) is 0.300. The van der Waals surface area contributed by atoms with E-state index in [1.165, 1.54) is 10.6 Å². The lowest BCUT2D eigenvalue weighted by molar-refractivity contribution is 0.745. The third-order valence-corrected chi connectivity index (χ3v) is 3.41. The standard InChI is InChI=1S/C10H12N2S2/c1-2-8-6-11-10(13)12(8)7-9-4-3-5-14-9/h3-6H,2,7H2,1H3,(H,11,13). The zero-order chi connectivity index (χ0) is 9.97. The van der Waals surface area contributed by atoms with Crippen molar-refractivity contribution in [1.82, 2.24) is 9.55 Å². The Bertz CT molecular complexity index is 451. The highest BCUT2D eigenvalue weighted by Gasteiger charge is 2.02. The van der Waals surface area contributed by atoms with Crippen LogP contribution in [0.3, 0.4) is 0 Å². The molecule has 2 nitrogen and oxygen atoms in total. The van der Waals surface area contributed by atoms with Gasteiger partial charge in [-0.1, -0.05) is 13.0 Å². The Kier molecular flexibility index (Phi) is 2.84. The minimum absolute atomic E-state index is 0.815. The number of rotatable bonds is 3. The molecule has 0 atom stereocenters. The number of aromatic nitrogens is 2. The van der Waals surface area contributed by atoms with E-state index in [1.807, 2.05) is 6.20 Å². The van der Waals surface area contributed by atoms with E-state index in [9.17, 15) is 0 Å². The third kappa shape index (κ3) is 1.81. The molecule has 0 aliphatic rings. The van der Waals surface area contributed by atoms with Crippen LogP contribution in [-0.2, 0) is 13.0 Å². The molecule has 0 amide bonds. The molecule has 0 fully saturated rings. The summed E-state index contributed by atoms with van der Waals surface area (Å²) in [7, 11) is 0. The summed E-state index contributed by atoms with van der Waals surface area (Å²) < 4.78 is 2.97. The summed E-state index contributed by atoms with van der Waals surface area (Å²) in [5.41, 5.74) is 1.27. The molecular formula is C10H12N2S2. The highest BCUT2D eigenvalue weighted by molar-refractivity contribution is 7.71. The summed E-state index contributed by atoms with van der Waals surface area (Å²) in [6.07, 6.45) is 3.01. The maximum atomic E-state index is 5.22. The molecule has 0 saturated heterocycles. The highest BCUT2D eigenvalue weighted by atomic mass is 32.1. The Morgan fingerprint density at radius 2 is 2.43 bits per heavy atom. The lowest BCUT2D eigenvalue weighted by atomic mass is 10.3. The Labute approximate surface area is 92.2 Å². The minimum Gasteiger partial charge on any atom is -0.337 e. The first-order chi connectivity index (χ1) is 6.81. The summed E-state index contributed by atoms with van der Waals surface area (Å²) in [6.45, 7) is 3.03. The van der Waals surface area contributed by atoms with Gasteiger partial charge in [0.15, 0.2) is 4.77 Å². The van der Waals surface area contributed by atoms with E-state index in [0.717, 1.165) is 17.7 Å². The van der Waals surface area contributed by atoms with Crippen LogP contribution in [0.15, 0.2) is 23.7 Å². The van der Waals surface area contributed by atoms with Crippen LogP contribution >= 0.6 is 23.6 Å². The van der Waals surface area contributed by atoms with Gasteiger partial charge in [-0.2, -0.15) is 0 Å². The van der Waals surface area contributed by atoms with Crippen molar-refractivity contribution in [2.75, 3.05) is 0 Å². The molecule has 0 aromatic carbocycles. The smallest absolute Gasteiger partial charge is 0.177 e. The van der Waals surface area contributed by atoms with Crippen molar-refractivity contribution in [1.29, 1.82) is 0 Å². The molecule has 74 valence electrons. The molecule has 0 saturated carbocycles. The van der Waals surface area contributed by atoms with Gasteiger partial charge >= 0.3 is 0 Å². The van der Waals surface area contributed by atoms with Gasteiger partial charge in [0.05, 0.1) is 6.54 Å². The zero-order valence-corrected chi connectivity index (χ0v) is 9.62. The molecule has 0 aliphatic heterocycles. The van der Waals surface area contributed by atoms with E-state index < -0.39 is 0 Å². The van der Waals surface area contributed by atoms with E-state index in [0.29, 0.717) is 0 Å². The van der Waals surface area contributed by atoms with Gasteiger partial charge in [0, 0.05) is 16.8 Å². The lowest BCUT2D eigenvalue weighted by Crippen LogP contribution is -2.02. The van der Waals surface area contributed by atoms with Gasteiger partial charge in [0.25, 0.3) is 0 Å². The van der Waals surface area contributed by atoms with Crippen LogP contribution in [0.5, 0.6) is 0 Å². The van der Waals surface area contributed by atoms with Crippen molar-refractivity contribution in [3.8, 4) is 0 Å². The van der Waals surface area contributed by atoms with Crippen LogP contribution in [0.1, 0.15) is 17.5 Å². The topological polar surface area (TPSA) is 20.7 Å². The molecule has 1 N–H and O–H groups in total. The van der Waals surface area contributed by atoms with Crippen molar-refractivity contribution < 1.29 is 0 Å². The van der Waals surface area contributed by atoms with Crippen LogP contribution in [0.25, 0.3) is 0 Å². The predicted molar refractivity (Wildman–Crippen MR) is 62.4 cm³/mol. The molecule has 0 spiro atoms. The summed E-state index contributed by atoms with van der Waals surface area (Å²) in [5.74, 6) is 0. The van der Waals surface area contributed by atoms with E-state index in [-0.39, 0.29) is 0 Å². The van der Waals surface area contributed by atoms with Crippen molar-refractivity contribution >= 4 is 23.6 Å². The Morgan fingerprint density at radius 3 is 3.07 bits per heavy atom. The molecular weight excluding hydrogens is 212 g/mol. The van der Waals surface area contributed by atoms with Crippen LogP contribution < -0.4 is 0 Å². The fourth-order valence-corrected chi connectivity index (χ4v) is 2.39. The number of thiophene rings is 1. The van der Waals surface area contributed by atoms with E-state index >= 15 is 0 Å². The van der Waals surface area contributed by atoms with Crippen molar-refractivity contribution in [2.45, 2.75) is 19.9 Å². The number of nitrogens with one attached hydrogen (secondary N) is 1. The molecule has 2 heterocycles. The normalized spacial score (nSPS) is 10.6. The lowest BCUT2D eigenvalue weighted by Gasteiger charge is -2.04. The number of aryl methyl sites for hydroxylation is 1. The Hall–Kier alpha value is -0.870. The average molecular weight is 224 g/mol. The second-order valence-electron chi connectivity index (χ2n) is 3.10. The van der Waals surface area contributed by atoms with Crippen LogP contribution in [0, 0.1) is 4.77 Å².